The van der Waals surface area contributed by atoms with E-state index in [2.05, 4.69) is 40.2 Å². The number of allylic oxidation sites excluding steroid dienone is 2. The fourth-order valence-corrected chi connectivity index (χ4v) is 2.15. The van der Waals surface area contributed by atoms with Gasteiger partial charge in [-0.1, -0.05) is 42.5 Å². The Hall–Kier alpha value is -2.81. The van der Waals surface area contributed by atoms with Crippen molar-refractivity contribution in [1.82, 2.24) is 4.98 Å². The van der Waals surface area contributed by atoms with Gasteiger partial charge in [-0.2, -0.15) is 0 Å². The first-order valence-corrected chi connectivity index (χ1v) is 7.20. The van der Waals surface area contributed by atoms with Gasteiger partial charge >= 0.3 is 0 Å². The molecular weight excluding hydrogens is 272 g/mol. The van der Waals surface area contributed by atoms with Crippen LogP contribution in [0.1, 0.15) is 11.5 Å². The number of aromatic nitrogens is 1. The van der Waals surface area contributed by atoms with Gasteiger partial charge in [-0.05, 0) is 29.8 Å². The molecule has 3 rings (SSSR count). The van der Waals surface area contributed by atoms with E-state index in [9.17, 15) is 0 Å². The number of benzene rings is 2. The van der Waals surface area contributed by atoms with Crippen LogP contribution >= 0.6 is 0 Å². The molecule has 22 heavy (non-hydrogen) atoms. The van der Waals surface area contributed by atoms with Crippen LogP contribution in [0.15, 0.2) is 65.1 Å². The molecule has 0 radical (unpaired) electrons. The minimum atomic E-state index is 0.619. The number of anilines is 1. The van der Waals surface area contributed by atoms with Crippen molar-refractivity contribution in [2.24, 2.45) is 0 Å². The Morgan fingerprint density at radius 1 is 0.909 bits per heavy atom. The molecule has 3 aromatic rings. The molecule has 0 bridgehead atoms. The minimum Gasteiger partial charge on any atom is -0.437 e. The number of hydrogen-bond donors (Lipinski definition) is 0. The van der Waals surface area contributed by atoms with Crippen molar-refractivity contribution in [1.29, 1.82) is 0 Å². The lowest BCUT2D eigenvalue weighted by atomic mass is 10.2. The number of nitrogens with zero attached hydrogens (tertiary/aromatic N) is 2. The van der Waals surface area contributed by atoms with E-state index < -0.39 is 0 Å². The normalized spacial score (nSPS) is 11.7. The Labute approximate surface area is 130 Å². The Balaban J connectivity index is 1.68. The Morgan fingerprint density at radius 3 is 2.36 bits per heavy atom. The van der Waals surface area contributed by atoms with Crippen LogP contribution in [-0.2, 0) is 0 Å². The highest BCUT2D eigenvalue weighted by molar-refractivity contribution is 5.73. The van der Waals surface area contributed by atoms with Crippen LogP contribution in [0.2, 0.25) is 0 Å². The molecule has 110 valence electrons. The highest BCUT2D eigenvalue weighted by atomic mass is 16.3. The second-order valence-corrected chi connectivity index (χ2v) is 5.22. The van der Waals surface area contributed by atoms with Gasteiger partial charge in [-0.15, -0.1) is 0 Å². The summed E-state index contributed by atoms with van der Waals surface area (Å²) in [6.45, 7) is 0. The average Bonchev–Trinajstić information content (AvgIpc) is 2.95. The van der Waals surface area contributed by atoms with E-state index in [-0.39, 0.29) is 0 Å². The van der Waals surface area contributed by atoms with Gasteiger partial charge < -0.3 is 9.32 Å². The van der Waals surface area contributed by atoms with Crippen LogP contribution < -0.4 is 4.90 Å². The van der Waals surface area contributed by atoms with Crippen molar-refractivity contribution in [3.63, 3.8) is 0 Å². The zero-order valence-electron chi connectivity index (χ0n) is 12.7. The van der Waals surface area contributed by atoms with E-state index in [1.54, 1.807) is 0 Å². The smallest absolute Gasteiger partial charge is 0.219 e. The van der Waals surface area contributed by atoms with Crippen LogP contribution in [0.25, 0.3) is 23.3 Å². The maximum absolute atomic E-state index is 5.63. The first-order valence-electron chi connectivity index (χ1n) is 7.20. The number of oxazole rings is 1. The molecule has 0 unspecified atom stereocenters. The van der Waals surface area contributed by atoms with Gasteiger partial charge in [-0.25, -0.2) is 4.98 Å². The maximum Gasteiger partial charge on any atom is 0.219 e. The summed E-state index contributed by atoms with van der Waals surface area (Å²) >= 11 is 0. The van der Waals surface area contributed by atoms with Crippen molar-refractivity contribution < 1.29 is 4.42 Å². The molecule has 0 spiro atoms. The fourth-order valence-electron chi connectivity index (χ4n) is 2.15. The Kier molecular flexibility index (Phi) is 4.05. The maximum atomic E-state index is 5.63. The number of fused-ring (bicyclic) bond motifs is 1. The Bertz CT molecular complexity index is 778. The summed E-state index contributed by atoms with van der Waals surface area (Å²) in [5.74, 6) is 0.619. The summed E-state index contributed by atoms with van der Waals surface area (Å²) in [7, 11) is 4.07. The fraction of sp³-hybridized carbons (Fsp3) is 0.105. The van der Waals surface area contributed by atoms with Crippen molar-refractivity contribution in [2.45, 2.75) is 0 Å². The van der Waals surface area contributed by atoms with Crippen LogP contribution in [0.3, 0.4) is 0 Å². The third kappa shape index (κ3) is 3.26. The molecule has 1 aromatic heterocycles. The zero-order valence-corrected chi connectivity index (χ0v) is 12.7. The molecule has 0 saturated carbocycles. The zero-order chi connectivity index (χ0) is 15.4. The van der Waals surface area contributed by atoms with E-state index in [4.69, 9.17) is 4.42 Å². The van der Waals surface area contributed by atoms with E-state index >= 15 is 0 Å². The summed E-state index contributed by atoms with van der Waals surface area (Å²) in [6, 6.07) is 16.2. The molecule has 0 N–H and O–H groups in total. The van der Waals surface area contributed by atoms with E-state index in [1.165, 1.54) is 5.69 Å². The first kappa shape index (κ1) is 14.1. The summed E-state index contributed by atoms with van der Waals surface area (Å²) < 4.78 is 5.63. The van der Waals surface area contributed by atoms with Gasteiger partial charge in [0.25, 0.3) is 0 Å². The molecule has 0 aliphatic heterocycles. The molecule has 0 saturated heterocycles. The standard InChI is InChI=1S/C19H18N2O/c1-21(2)16-13-11-15(12-14-16)7-3-6-10-19-20-17-8-4-5-9-18(17)22-19/h3-14H,1-2H3/b7-3+,10-6+. The van der Waals surface area contributed by atoms with Crippen molar-refractivity contribution in [3.05, 3.63) is 72.1 Å². The van der Waals surface area contributed by atoms with Gasteiger partial charge in [0.15, 0.2) is 5.58 Å². The van der Waals surface area contributed by atoms with Crippen molar-refractivity contribution in [3.8, 4) is 0 Å². The average molecular weight is 290 g/mol. The van der Waals surface area contributed by atoms with Gasteiger partial charge in [0.2, 0.25) is 5.89 Å². The third-order valence-electron chi connectivity index (χ3n) is 3.36. The largest absolute Gasteiger partial charge is 0.437 e. The molecular formula is C19H18N2O. The monoisotopic (exact) mass is 290 g/mol. The Morgan fingerprint density at radius 2 is 1.64 bits per heavy atom. The van der Waals surface area contributed by atoms with Crippen LogP contribution in [0.5, 0.6) is 0 Å². The molecule has 0 amide bonds. The quantitative estimate of drug-likeness (QED) is 0.656. The van der Waals surface area contributed by atoms with Crippen molar-refractivity contribution >= 4 is 28.9 Å². The number of hydrogen-bond acceptors (Lipinski definition) is 3. The SMILES string of the molecule is CN(C)c1ccc(/C=C/C=C/c2nc3ccccc3o2)cc1. The predicted molar refractivity (Wildman–Crippen MR) is 92.8 cm³/mol. The van der Waals surface area contributed by atoms with Gasteiger partial charge in [0.1, 0.15) is 5.52 Å². The topological polar surface area (TPSA) is 29.3 Å². The van der Waals surface area contributed by atoms with Gasteiger partial charge in [-0.3, -0.25) is 0 Å². The molecule has 2 aromatic carbocycles. The van der Waals surface area contributed by atoms with Crippen molar-refractivity contribution in [2.75, 3.05) is 19.0 Å². The van der Waals surface area contributed by atoms with E-state index in [1.807, 2.05) is 56.6 Å². The summed E-state index contributed by atoms with van der Waals surface area (Å²) in [5, 5.41) is 0. The van der Waals surface area contributed by atoms with Crippen LogP contribution in [0.4, 0.5) is 5.69 Å². The number of rotatable bonds is 4. The van der Waals surface area contributed by atoms with E-state index in [0.717, 1.165) is 16.7 Å². The highest BCUT2D eigenvalue weighted by Gasteiger charge is 2.00. The second kappa shape index (κ2) is 6.31. The molecule has 3 heteroatoms. The predicted octanol–water partition coefficient (Wildman–Crippen LogP) is 4.62. The third-order valence-corrected chi connectivity index (χ3v) is 3.36. The molecule has 0 fully saturated rings. The first-order chi connectivity index (χ1) is 10.7. The van der Waals surface area contributed by atoms with Gasteiger partial charge in [0.05, 0.1) is 0 Å². The molecule has 0 aliphatic rings. The van der Waals surface area contributed by atoms with Gasteiger partial charge in [0, 0.05) is 25.9 Å². The van der Waals surface area contributed by atoms with Crippen LogP contribution in [-0.4, -0.2) is 19.1 Å². The molecule has 0 aliphatic carbocycles. The number of para-hydroxylation sites is 2. The second-order valence-electron chi connectivity index (χ2n) is 5.22. The summed E-state index contributed by atoms with van der Waals surface area (Å²) in [5.41, 5.74) is 4.04. The summed E-state index contributed by atoms with van der Waals surface area (Å²) in [6.07, 6.45) is 7.84. The minimum absolute atomic E-state index is 0.619. The molecule has 0 atom stereocenters. The highest BCUT2D eigenvalue weighted by Crippen LogP contribution is 2.16. The van der Waals surface area contributed by atoms with E-state index in [0.29, 0.717) is 5.89 Å². The molecule has 3 nitrogen and oxygen atoms in total. The lowest BCUT2D eigenvalue weighted by Gasteiger charge is -2.11. The molecule has 1 heterocycles. The van der Waals surface area contributed by atoms with Crippen LogP contribution in [0, 0.1) is 0 Å². The lowest BCUT2D eigenvalue weighted by Crippen LogP contribution is -2.07. The summed E-state index contributed by atoms with van der Waals surface area (Å²) in [4.78, 5) is 6.48. The lowest BCUT2D eigenvalue weighted by molar-refractivity contribution is 0.589.